The smallest absolute Gasteiger partial charge is 0.264 e. The SMILES string of the molecule is COc1ccc(S(=O)(=O)N(CC(=O)Nc2ccc(OC)cc2OC)c2ccccc2)cc1. The number of methoxy groups -OCH3 is 3. The fourth-order valence-corrected chi connectivity index (χ4v) is 4.43. The van der Waals surface area contributed by atoms with E-state index in [4.69, 9.17) is 14.2 Å². The summed E-state index contributed by atoms with van der Waals surface area (Å²) in [6.07, 6.45) is 0. The van der Waals surface area contributed by atoms with Gasteiger partial charge in [-0.05, 0) is 48.5 Å². The van der Waals surface area contributed by atoms with Gasteiger partial charge in [0.25, 0.3) is 10.0 Å². The molecule has 0 saturated carbocycles. The number of ether oxygens (including phenoxy) is 3. The lowest BCUT2D eigenvalue weighted by Crippen LogP contribution is -2.38. The van der Waals surface area contributed by atoms with Gasteiger partial charge in [-0.15, -0.1) is 0 Å². The second-order valence-corrected chi connectivity index (χ2v) is 8.50. The molecule has 0 aromatic heterocycles. The van der Waals surface area contributed by atoms with Crippen molar-refractivity contribution in [3.8, 4) is 17.2 Å². The molecule has 32 heavy (non-hydrogen) atoms. The molecule has 0 radical (unpaired) electrons. The number of carbonyl (C=O) groups excluding carboxylic acids is 1. The first kappa shape index (κ1) is 23.0. The van der Waals surface area contributed by atoms with Gasteiger partial charge in [-0.25, -0.2) is 8.42 Å². The van der Waals surface area contributed by atoms with Crippen molar-refractivity contribution >= 4 is 27.3 Å². The highest BCUT2D eigenvalue weighted by Crippen LogP contribution is 2.30. The first-order valence-corrected chi connectivity index (χ1v) is 11.1. The Morgan fingerprint density at radius 3 is 2.06 bits per heavy atom. The quantitative estimate of drug-likeness (QED) is 0.529. The van der Waals surface area contributed by atoms with Gasteiger partial charge in [0.05, 0.1) is 37.6 Å². The molecule has 0 saturated heterocycles. The van der Waals surface area contributed by atoms with E-state index in [-0.39, 0.29) is 4.90 Å². The van der Waals surface area contributed by atoms with Gasteiger partial charge in [-0.3, -0.25) is 9.10 Å². The summed E-state index contributed by atoms with van der Waals surface area (Å²) in [6, 6.07) is 19.3. The molecule has 8 nitrogen and oxygen atoms in total. The van der Waals surface area contributed by atoms with E-state index in [1.807, 2.05) is 0 Å². The molecule has 3 aromatic rings. The summed E-state index contributed by atoms with van der Waals surface area (Å²) in [5.74, 6) is 0.948. The van der Waals surface area contributed by atoms with Crippen molar-refractivity contribution < 1.29 is 27.4 Å². The van der Waals surface area contributed by atoms with Crippen LogP contribution < -0.4 is 23.8 Å². The van der Waals surface area contributed by atoms with Gasteiger partial charge >= 0.3 is 0 Å². The number of rotatable bonds is 9. The molecule has 0 fully saturated rings. The van der Waals surface area contributed by atoms with Crippen LogP contribution in [0, 0.1) is 0 Å². The van der Waals surface area contributed by atoms with Crippen molar-refractivity contribution in [2.75, 3.05) is 37.5 Å². The third kappa shape index (κ3) is 5.12. The van der Waals surface area contributed by atoms with Gasteiger partial charge in [0.2, 0.25) is 5.91 Å². The highest BCUT2D eigenvalue weighted by atomic mass is 32.2. The van der Waals surface area contributed by atoms with Gasteiger partial charge in [-0.2, -0.15) is 0 Å². The second kappa shape index (κ2) is 10.1. The van der Waals surface area contributed by atoms with E-state index in [2.05, 4.69) is 5.32 Å². The van der Waals surface area contributed by atoms with E-state index in [0.717, 1.165) is 4.31 Å². The highest BCUT2D eigenvalue weighted by Gasteiger charge is 2.27. The average Bonchev–Trinajstić information content (AvgIpc) is 2.83. The summed E-state index contributed by atoms with van der Waals surface area (Å²) in [7, 11) is 0.460. The lowest BCUT2D eigenvalue weighted by Gasteiger charge is -2.24. The van der Waals surface area contributed by atoms with Crippen LogP contribution in [0.25, 0.3) is 0 Å². The van der Waals surface area contributed by atoms with Crippen LogP contribution in [0.1, 0.15) is 0 Å². The molecule has 0 aliphatic rings. The number of carbonyl (C=O) groups is 1. The number of nitrogens with zero attached hydrogens (tertiary/aromatic N) is 1. The van der Waals surface area contributed by atoms with Crippen LogP contribution in [-0.2, 0) is 14.8 Å². The van der Waals surface area contributed by atoms with Crippen molar-refractivity contribution in [1.82, 2.24) is 0 Å². The Hall–Kier alpha value is -3.72. The Bertz CT molecular complexity index is 1160. The Balaban J connectivity index is 1.91. The summed E-state index contributed by atoms with van der Waals surface area (Å²) < 4.78 is 43.4. The molecule has 0 spiro atoms. The topological polar surface area (TPSA) is 94.2 Å². The first-order valence-electron chi connectivity index (χ1n) is 9.62. The van der Waals surface area contributed by atoms with Crippen molar-refractivity contribution in [3.63, 3.8) is 0 Å². The van der Waals surface area contributed by atoms with E-state index in [9.17, 15) is 13.2 Å². The van der Waals surface area contributed by atoms with Crippen molar-refractivity contribution in [1.29, 1.82) is 0 Å². The molecule has 0 atom stereocenters. The molecule has 0 bridgehead atoms. The van der Waals surface area contributed by atoms with Gasteiger partial charge in [0.1, 0.15) is 23.8 Å². The zero-order valence-corrected chi connectivity index (χ0v) is 18.8. The number of hydrogen-bond donors (Lipinski definition) is 1. The molecule has 3 rings (SSSR count). The maximum Gasteiger partial charge on any atom is 0.264 e. The molecule has 9 heteroatoms. The third-order valence-electron chi connectivity index (χ3n) is 4.66. The monoisotopic (exact) mass is 456 g/mol. The minimum Gasteiger partial charge on any atom is -0.497 e. The third-order valence-corrected chi connectivity index (χ3v) is 6.45. The number of nitrogens with one attached hydrogen (secondary N) is 1. The van der Waals surface area contributed by atoms with Crippen molar-refractivity contribution in [3.05, 3.63) is 72.8 Å². The van der Waals surface area contributed by atoms with E-state index in [1.54, 1.807) is 60.7 Å². The Morgan fingerprint density at radius 2 is 1.47 bits per heavy atom. The number of para-hydroxylation sites is 1. The van der Waals surface area contributed by atoms with Gasteiger partial charge in [0.15, 0.2) is 0 Å². The van der Waals surface area contributed by atoms with Crippen LogP contribution >= 0.6 is 0 Å². The maximum atomic E-state index is 13.4. The molecular formula is C23H24N2O6S. The fraction of sp³-hybridized carbons (Fsp3) is 0.174. The second-order valence-electron chi connectivity index (χ2n) is 6.64. The Labute approximate surface area is 187 Å². The Morgan fingerprint density at radius 1 is 0.844 bits per heavy atom. The first-order chi connectivity index (χ1) is 15.4. The minimum atomic E-state index is -4.03. The van der Waals surface area contributed by atoms with Crippen LogP contribution in [-0.4, -0.2) is 42.2 Å². The summed E-state index contributed by atoms with van der Waals surface area (Å²) in [4.78, 5) is 12.9. The van der Waals surface area contributed by atoms with E-state index < -0.39 is 22.5 Å². The largest absolute Gasteiger partial charge is 0.497 e. The summed E-state index contributed by atoms with van der Waals surface area (Å²) >= 11 is 0. The van der Waals surface area contributed by atoms with E-state index >= 15 is 0 Å². The molecule has 3 aromatic carbocycles. The van der Waals surface area contributed by atoms with Crippen molar-refractivity contribution in [2.24, 2.45) is 0 Å². The number of hydrogen-bond acceptors (Lipinski definition) is 6. The number of anilines is 2. The lowest BCUT2D eigenvalue weighted by molar-refractivity contribution is -0.114. The predicted octanol–water partition coefficient (Wildman–Crippen LogP) is 3.55. The normalized spacial score (nSPS) is 10.8. The minimum absolute atomic E-state index is 0.0389. The number of sulfonamides is 1. The van der Waals surface area contributed by atoms with Crippen LogP contribution in [0.15, 0.2) is 77.7 Å². The molecule has 1 amide bonds. The molecule has 1 N–H and O–H groups in total. The van der Waals surface area contributed by atoms with E-state index in [0.29, 0.717) is 28.6 Å². The van der Waals surface area contributed by atoms with Crippen LogP contribution in [0.5, 0.6) is 17.2 Å². The van der Waals surface area contributed by atoms with Gasteiger partial charge in [-0.1, -0.05) is 18.2 Å². The van der Waals surface area contributed by atoms with Crippen LogP contribution in [0.2, 0.25) is 0 Å². The number of benzene rings is 3. The molecule has 0 heterocycles. The molecule has 0 aliphatic heterocycles. The zero-order valence-electron chi connectivity index (χ0n) is 17.9. The lowest BCUT2D eigenvalue weighted by atomic mass is 10.2. The zero-order chi connectivity index (χ0) is 23.1. The molecule has 168 valence electrons. The van der Waals surface area contributed by atoms with Crippen LogP contribution in [0.3, 0.4) is 0 Å². The van der Waals surface area contributed by atoms with Crippen LogP contribution in [0.4, 0.5) is 11.4 Å². The Kier molecular flexibility index (Phi) is 7.21. The maximum absolute atomic E-state index is 13.4. The summed E-state index contributed by atoms with van der Waals surface area (Å²) in [5.41, 5.74) is 0.758. The van der Waals surface area contributed by atoms with E-state index in [1.165, 1.54) is 33.5 Å². The highest BCUT2D eigenvalue weighted by molar-refractivity contribution is 7.92. The predicted molar refractivity (Wildman–Crippen MR) is 122 cm³/mol. The summed E-state index contributed by atoms with van der Waals surface area (Å²) in [6.45, 7) is -0.437. The van der Waals surface area contributed by atoms with Crippen molar-refractivity contribution in [2.45, 2.75) is 4.90 Å². The standard InChI is InChI=1S/C23H24N2O6S/c1-29-18-9-12-20(13-10-18)32(27,28)25(17-7-5-4-6-8-17)16-23(26)24-21-14-11-19(30-2)15-22(21)31-3/h4-15H,16H2,1-3H3,(H,24,26). The molecule has 0 unspecified atom stereocenters. The van der Waals surface area contributed by atoms with Gasteiger partial charge in [0, 0.05) is 6.07 Å². The fourth-order valence-electron chi connectivity index (χ4n) is 3.01. The summed E-state index contributed by atoms with van der Waals surface area (Å²) in [5, 5.41) is 2.71. The molecule has 0 aliphatic carbocycles. The molecular weight excluding hydrogens is 432 g/mol. The average molecular weight is 457 g/mol. The number of amides is 1. The van der Waals surface area contributed by atoms with Gasteiger partial charge < -0.3 is 19.5 Å².